The van der Waals surface area contributed by atoms with Gasteiger partial charge in [0.25, 0.3) is 5.91 Å². The van der Waals surface area contributed by atoms with E-state index in [1.54, 1.807) is 24.3 Å². The van der Waals surface area contributed by atoms with Gasteiger partial charge in [-0.3, -0.25) is 4.79 Å². The lowest BCUT2D eigenvalue weighted by molar-refractivity contribution is -0.137. The van der Waals surface area contributed by atoms with Crippen molar-refractivity contribution in [3.05, 3.63) is 102 Å². The number of aryl methyl sites for hydroxylation is 1. The molecular formula is C25H20F3N5O. The van der Waals surface area contributed by atoms with E-state index in [1.807, 2.05) is 43.3 Å². The first-order chi connectivity index (χ1) is 16.3. The fourth-order valence-corrected chi connectivity index (χ4v) is 3.25. The number of alkyl halides is 3. The zero-order valence-corrected chi connectivity index (χ0v) is 18.0. The summed E-state index contributed by atoms with van der Waals surface area (Å²) in [6.07, 6.45) is -4.62. The fraction of sp³-hybridized carbons (Fsp3) is 0.0800. The lowest BCUT2D eigenvalue weighted by Crippen LogP contribution is -2.18. The molecule has 0 fully saturated rings. The molecule has 0 aliphatic heterocycles. The molecule has 0 atom stereocenters. The van der Waals surface area contributed by atoms with E-state index in [1.165, 1.54) is 12.1 Å². The molecule has 1 amide bonds. The van der Waals surface area contributed by atoms with Crippen LogP contribution in [0.3, 0.4) is 0 Å². The van der Waals surface area contributed by atoms with Gasteiger partial charge in [0.2, 0.25) is 5.95 Å². The lowest BCUT2D eigenvalue weighted by Gasteiger charge is -2.13. The molecule has 0 spiro atoms. The molecule has 4 rings (SSSR count). The van der Waals surface area contributed by atoms with Crippen LogP contribution in [0.1, 0.15) is 21.6 Å². The molecule has 0 aliphatic rings. The summed E-state index contributed by atoms with van der Waals surface area (Å²) in [5.74, 6) is 0.148. The smallest absolute Gasteiger partial charge is 0.340 e. The number of rotatable bonds is 6. The molecule has 0 aliphatic carbocycles. The van der Waals surface area contributed by atoms with Gasteiger partial charge in [-0.1, -0.05) is 30.3 Å². The van der Waals surface area contributed by atoms with Crippen LogP contribution in [0.4, 0.5) is 42.0 Å². The van der Waals surface area contributed by atoms with Crippen LogP contribution in [0.25, 0.3) is 0 Å². The zero-order valence-electron chi connectivity index (χ0n) is 18.0. The molecule has 34 heavy (non-hydrogen) atoms. The van der Waals surface area contributed by atoms with Crippen LogP contribution < -0.4 is 16.0 Å². The molecule has 6 nitrogen and oxygen atoms in total. The van der Waals surface area contributed by atoms with E-state index in [0.29, 0.717) is 23.1 Å². The average Bonchev–Trinajstić information content (AvgIpc) is 2.80. The molecule has 0 saturated heterocycles. The first-order valence-corrected chi connectivity index (χ1v) is 10.3. The van der Waals surface area contributed by atoms with Crippen LogP contribution >= 0.6 is 0 Å². The third-order valence-electron chi connectivity index (χ3n) is 4.78. The van der Waals surface area contributed by atoms with Gasteiger partial charge in [0.05, 0.1) is 11.1 Å². The van der Waals surface area contributed by atoms with Gasteiger partial charge in [-0.25, -0.2) is 4.98 Å². The summed E-state index contributed by atoms with van der Waals surface area (Å²) in [6, 6.07) is 22.6. The predicted molar refractivity (Wildman–Crippen MR) is 126 cm³/mol. The van der Waals surface area contributed by atoms with Crippen LogP contribution in [-0.4, -0.2) is 15.9 Å². The van der Waals surface area contributed by atoms with Gasteiger partial charge in [-0.05, 0) is 55.5 Å². The van der Waals surface area contributed by atoms with Crippen molar-refractivity contribution in [2.24, 2.45) is 0 Å². The Morgan fingerprint density at radius 3 is 2.09 bits per heavy atom. The minimum Gasteiger partial charge on any atom is -0.340 e. The molecule has 9 heteroatoms. The largest absolute Gasteiger partial charge is 0.417 e. The van der Waals surface area contributed by atoms with Crippen molar-refractivity contribution in [3.63, 3.8) is 0 Å². The molecule has 3 aromatic carbocycles. The Balaban J connectivity index is 1.45. The van der Waals surface area contributed by atoms with Crippen molar-refractivity contribution in [1.29, 1.82) is 0 Å². The summed E-state index contributed by atoms with van der Waals surface area (Å²) in [7, 11) is 0. The number of para-hydroxylation sites is 1. The normalized spacial score (nSPS) is 11.1. The SMILES string of the molecule is Cc1cc(Nc2ccccc2)nc(Nc2ccc(NC(=O)c3ccccc3C(F)(F)F)cc2)n1. The van der Waals surface area contributed by atoms with Crippen molar-refractivity contribution in [3.8, 4) is 0 Å². The van der Waals surface area contributed by atoms with E-state index in [2.05, 4.69) is 25.9 Å². The number of anilines is 5. The van der Waals surface area contributed by atoms with Gasteiger partial charge in [-0.2, -0.15) is 18.2 Å². The van der Waals surface area contributed by atoms with Crippen LogP contribution in [0.2, 0.25) is 0 Å². The quantitative estimate of drug-likeness (QED) is 0.302. The number of aromatic nitrogens is 2. The second-order valence-electron chi connectivity index (χ2n) is 7.41. The molecule has 3 N–H and O–H groups in total. The highest BCUT2D eigenvalue weighted by molar-refractivity contribution is 6.05. The van der Waals surface area contributed by atoms with Gasteiger partial charge in [0, 0.05) is 28.8 Å². The van der Waals surface area contributed by atoms with Gasteiger partial charge < -0.3 is 16.0 Å². The topological polar surface area (TPSA) is 78.9 Å². The summed E-state index contributed by atoms with van der Waals surface area (Å²) < 4.78 is 39.5. The highest BCUT2D eigenvalue weighted by atomic mass is 19.4. The molecule has 1 aromatic heterocycles. The van der Waals surface area contributed by atoms with Crippen molar-refractivity contribution in [2.45, 2.75) is 13.1 Å². The number of carbonyl (C=O) groups excluding carboxylic acids is 1. The Bertz CT molecular complexity index is 1290. The lowest BCUT2D eigenvalue weighted by atomic mass is 10.1. The summed E-state index contributed by atoms with van der Waals surface area (Å²) >= 11 is 0. The van der Waals surface area contributed by atoms with Gasteiger partial charge in [0.1, 0.15) is 5.82 Å². The first-order valence-electron chi connectivity index (χ1n) is 10.3. The van der Waals surface area contributed by atoms with Crippen LogP contribution in [-0.2, 0) is 6.18 Å². The third-order valence-corrected chi connectivity index (χ3v) is 4.78. The Labute approximate surface area is 193 Å². The maximum atomic E-state index is 13.2. The monoisotopic (exact) mass is 463 g/mol. The van der Waals surface area contributed by atoms with Crippen molar-refractivity contribution >= 4 is 34.7 Å². The standard InChI is InChI=1S/C25H20F3N5O/c1-16-15-22(30-17-7-3-2-4-8-17)33-24(29-16)32-19-13-11-18(12-14-19)31-23(34)20-9-5-6-10-21(20)25(26,27)28/h2-15H,1H3,(H,31,34)(H2,29,30,32,33). The average molecular weight is 463 g/mol. The van der Waals surface area contributed by atoms with Gasteiger partial charge in [0.15, 0.2) is 0 Å². The molecule has 1 heterocycles. The first kappa shape index (κ1) is 22.8. The van der Waals surface area contributed by atoms with E-state index in [4.69, 9.17) is 0 Å². The molecule has 0 bridgehead atoms. The maximum absolute atomic E-state index is 13.2. The number of nitrogens with one attached hydrogen (secondary N) is 3. The number of hydrogen-bond acceptors (Lipinski definition) is 5. The van der Waals surface area contributed by atoms with E-state index < -0.39 is 23.2 Å². The van der Waals surface area contributed by atoms with Gasteiger partial charge >= 0.3 is 6.18 Å². The van der Waals surface area contributed by atoms with E-state index in [9.17, 15) is 18.0 Å². The molecule has 0 unspecified atom stereocenters. The fourth-order valence-electron chi connectivity index (χ4n) is 3.25. The number of amides is 1. The van der Waals surface area contributed by atoms with Crippen LogP contribution in [0, 0.1) is 6.92 Å². The number of nitrogens with zero attached hydrogens (tertiary/aromatic N) is 2. The minimum absolute atomic E-state index is 0.351. The number of hydrogen-bond donors (Lipinski definition) is 3. The van der Waals surface area contributed by atoms with E-state index >= 15 is 0 Å². The van der Waals surface area contributed by atoms with Crippen molar-refractivity contribution in [1.82, 2.24) is 9.97 Å². The van der Waals surface area contributed by atoms with Crippen LogP contribution in [0.5, 0.6) is 0 Å². The zero-order chi connectivity index (χ0) is 24.1. The highest BCUT2D eigenvalue weighted by Gasteiger charge is 2.34. The van der Waals surface area contributed by atoms with E-state index in [-0.39, 0.29) is 0 Å². The predicted octanol–water partition coefficient (Wildman–Crippen LogP) is 6.54. The van der Waals surface area contributed by atoms with E-state index in [0.717, 1.165) is 23.5 Å². The number of halogens is 3. The second kappa shape index (κ2) is 9.62. The summed E-state index contributed by atoms with van der Waals surface area (Å²) in [5.41, 5.74) is 1.21. The second-order valence-corrected chi connectivity index (χ2v) is 7.41. The summed E-state index contributed by atoms with van der Waals surface area (Å²) in [4.78, 5) is 21.3. The number of carbonyl (C=O) groups is 1. The highest BCUT2D eigenvalue weighted by Crippen LogP contribution is 2.32. The molecule has 0 radical (unpaired) electrons. The Morgan fingerprint density at radius 1 is 0.765 bits per heavy atom. The molecule has 0 saturated carbocycles. The minimum atomic E-state index is -4.62. The molecule has 4 aromatic rings. The van der Waals surface area contributed by atoms with Crippen molar-refractivity contribution in [2.75, 3.05) is 16.0 Å². The van der Waals surface area contributed by atoms with Crippen molar-refractivity contribution < 1.29 is 18.0 Å². The van der Waals surface area contributed by atoms with Crippen LogP contribution in [0.15, 0.2) is 84.9 Å². The number of benzene rings is 3. The summed E-state index contributed by atoms with van der Waals surface area (Å²) in [5, 5.41) is 8.80. The molecular weight excluding hydrogens is 443 g/mol. The Kier molecular flexibility index (Phi) is 6.44. The third kappa shape index (κ3) is 5.69. The summed E-state index contributed by atoms with van der Waals surface area (Å²) in [6.45, 7) is 1.85. The van der Waals surface area contributed by atoms with Gasteiger partial charge in [-0.15, -0.1) is 0 Å². The Morgan fingerprint density at radius 2 is 1.38 bits per heavy atom. The Hall–Kier alpha value is -4.40. The molecule has 172 valence electrons. The maximum Gasteiger partial charge on any atom is 0.417 e.